The summed E-state index contributed by atoms with van der Waals surface area (Å²) in [4.78, 5) is 15.6. The number of nitrogens with zero attached hydrogens (tertiary/aromatic N) is 1. The summed E-state index contributed by atoms with van der Waals surface area (Å²) in [5.41, 5.74) is 1.33. The number of amidine groups is 1. The standard InChI is InChI=1S/C11H15N3O/c1-7(2)10(12)14-11(15)9-4-5-13-8(3)6-9/h4-7H,1-3H3,(H2,12,14,15). The molecule has 0 aliphatic carbocycles. The molecule has 2 N–H and O–H groups in total. The van der Waals surface area contributed by atoms with Gasteiger partial charge in [0.15, 0.2) is 0 Å². The summed E-state index contributed by atoms with van der Waals surface area (Å²) in [5, 5.41) is 10.1. The first-order valence-electron chi connectivity index (χ1n) is 4.83. The molecular formula is C11H15N3O. The number of nitrogens with one attached hydrogen (secondary N) is 2. The monoisotopic (exact) mass is 205 g/mol. The second kappa shape index (κ2) is 4.68. The van der Waals surface area contributed by atoms with Gasteiger partial charge < -0.3 is 5.32 Å². The molecule has 0 fully saturated rings. The van der Waals surface area contributed by atoms with Crippen molar-refractivity contribution in [3.8, 4) is 0 Å². The first kappa shape index (κ1) is 11.4. The number of carbonyl (C=O) groups excluding carboxylic acids is 1. The first-order chi connectivity index (χ1) is 7.00. The molecule has 0 unspecified atom stereocenters. The Morgan fingerprint density at radius 2 is 2.20 bits per heavy atom. The number of rotatable bonds is 2. The van der Waals surface area contributed by atoms with E-state index in [0.717, 1.165) is 5.69 Å². The molecule has 1 aromatic heterocycles. The molecule has 0 aliphatic rings. The van der Waals surface area contributed by atoms with Crippen molar-refractivity contribution in [1.29, 1.82) is 5.41 Å². The third-order valence-electron chi connectivity index (χ3n) is 1.98. The summed E-state index contributed by atoms with van der Waals surface area (Å²) >= 11 is 0. The van der Waals surface area contributed by atoms with E-state index in [1.165, 1.54) is 0 Å². The molecule has 15 heavy (non-hydrogen) atoms. The van der Waals surface area contributed by atoms with Gasteiger partial charge in [-0.25, -0.2) is 0 Å². The van der Waals surface area contributed by atoms with Gasteiger partial charge in [-0.15, -0.1) is 0 Å². The zero-order chi connectivity index (χ0) is 11.4. The van der Waals surface area contributed by atoms with E-state index in [0.29, 0.717) is 5.56 Å². The van der Waals surface area contributed by atoms with Gasteiger partial charge in [0.1, 0.15) is 5.84 Å². The lowest BCUT2D eigenvalue weighted by Crippen LogP contribution is -2.33. The van der Waals surface area contributed by atoms with Crippen molar-refractivity contribution >= 4 is 11.7 Å². The molecule has 0 aromatic carbocycles. The molecule has 0 aliphatic heterocycles. The Balaban J connectivity index is 2.74. The average molecular weight is 205 g/mol. The van der Waals surface area contributed by atoms with E-state index in [-0.39, 0.29) is 17.7 Å². The Kier molecular flexibility index (Phi) is 3.55. The highest BCUT2D eigenvalue weighted by molar-refractivity contribution is 6.05. The minimum absolute atomic E-state index is 0.0249. The van der Waals surface area contributed by atoms with Crippen molar-refractivity contribution in [3.63, 3.8) is 0 Å². The topological polar surface area (TPSA) is 65.8 Å². The molecule has 1 aromatic rings. The molecule has 0 saturated carbocycles. The largest absolute Gasteiger partial charge is 0.310 e. The molecule has 0 radical (unpaired) electrons. The summed E-state index contributed by atoms with van der Waals surface area (Å²) in [6, 6.07) is 3.33. The smallest absolute Gasteiger partial charge is 0.256 e. The van der Waals surface area contributed by atoms with Gasteiger partial charge in [0.25, 0.3) is 5.91 Å². The molecule has 4 nitrogen and oxygen atoms in total. The van der Waals surface area contributed by atoms with Gasteiger partial charge in [0.2, 0.25) is 0 Å². The van der Waals surface area contributed by atoms with Crippen LogP contribution in [0.3, 0.4) is 0 Å². The highest BCUT2D eigenvalue weighted by atomic mass is 16.1. The number of carbonyl (C=O) groups is 1. The third-order valence-corrected chi connectivity index (χ3v) is 1.98. The number of amides is 1. The predicted molar refractivity (Wildman–Crippen MR) is 59.0 cm³/mol. The van der Waals surface area contributed by atoms with Gasteiger partial charge in [0.05, 0.1) is 0 Å². The van der Waals surface area contributed by atoms with E-state index in [1.807, 2.05) is 20.8 Å². The molecule has 0 saturated heterocycles. The zero-order valence-corrected chi connectivity index (χ0v) is 9.16. The number of hydrogen-bond donors (Lipinski definition) is 2. The van der Waals surface area contributed by atoms with E-state index >= 15 is 0 Å². The first-order valence-corrected chi connectivity index (χ1v) is 4.83. The summed E-state index contributed by atoms with van der Waals surface area (Å²) < 4.78 is 0. The Hall–Kier alpha value is -1.71. The van der Waals surface area contributed by atoms with Crippen LogP contribution in [0.4, 0.5) is 0 Å². The Labute approximate surface area is 89.2 Å². The van der Waals surface area contributed by atoms with Crippen molar-refractivity contribution in [2.45, 2.75) is 20.8 Å². The molecule has 4 heteroatoms. The highest BCUT2D eigenvalue weighted by Gasteiger charge is 2.10. The minimum atomic E-state index is -0.251. The fourth-order valence-corrected chi connectivity index (χ4v) is 1.03. The normalized spacial score (nSPS) is 10.1. The van der Waals surface area contributed by atoms with Gasteiger partial charge in [-0.3, -0.25) is 15.2 Å². The highest BCUT2D eigenvalue weighted by Crippen LogP contribution is 2.01. The number of aryl methyl sites for hydroxylation is 1. The van der Waals surface area contributed by atoms with Crippen LogP contribution in [-0.4, -0.2) is 16.7 Å². The second-order valence-electron chi connectivity index (χ2n) is 3.71. The molecular weight excluding hydrogens is 190 g/mol. The second-order valence-corrected chi connectivity index (χ2v) is 3.71. The molecule has 0 bridgehead atoms. The van der Waals surface area contributed by atoms with E-state index in [4.69, 9.17) is 5.41 Å². The quantitative estimate of drug-likeness (QED) is 0.570. The molecule has 1 amide bonds. The van der Waals surface area contributed by atoms with E-state index in [9.17, 15) is 4.79 Å². The van der Waals surface area contributed by atoms with Gasteiger partial charge in [-0.1, -0.05) is 13.8 Å². The van der Waals surface area contributed by atoms with Crippen LogP contribution in [0.25, 0.3) is 0 Å². The molecule has 0 atom stereocenters. The summed E-state index contributed by atoms with van der Waals surface area (Å²) in [7, 11) is 0. The Morgan fingerprint density at radius 3 is 2.73 bits per heavy atom. The Bertz CT molecular complexity index is 385. The van der Waals surface area contributed by atoms with Crippen molar-refractivity contribution in [2.75, 3.05) is 0 Å². The van der Waals surface area contributed by atoms with Crippen LogP contribution in [0.15, 0.2) is 18.3 Å². The molecule has 0 spiro atoms. The van der Waals surface area contributed by atoms with E-state index < -0.39 is 0 Å². The van der Waals surface area contributed by atoms with Crippen molar-refractivity contribution in [3.05, 3.63) is 29.6 Å². The zero-order valence-electron chi connectivity index (χ0n) is 9.16. The molecule has 1 heterocycles. The van der Waals surface area contributed by atoms with Crippen LogP contribution in [-0.2, 0) is 0 Å². The molecule has 1 rings (SSSR count). The summed E-state index contributed by atoms with van der Waals surface area (Å²) in [5.74, 6) is 0.00514. The lowest BCUT2D eigenvalue weighted by atomic mass is 10.1. The van der Waals surface area contributed by atoms with Crippen LogP contribution in [0.1, 0.15) is 29.9 Å². The van der Waals surface area contributed by atoms with Crippen LogP contribution < -0.4 is 5.32 Å². The molecule has 80 valence electrons. The number of hydrogen-bond acceptors (Lipinski definition) is 3. The number of aromatic nitrogens is 1. The van der Waals surface area contributed by atoms with Gasteiger partial charge in [-0.2, -0.15) is 0 Å². The van der Waals surface area contributed by atoms with Crippen molar-refractivity contribution < 1.29 is 4.79 Å². The maximum absolute atomic E-state index is 11.6. The SMILES string of the molecule is Cc1cc(C(=O)NC(=N)C(C)C)ccn1. The van der Waals surface area contributed by atoms with E-state index in [1.54, 1.807) is 18.3 Å². The van der Waals surface area contributed by atoms with Crippen molar-refractivity contribution in [1.82, 2.24) is 10.3 Å². The maximum atomic E-state index is 11.6. The maximum Gasteiger partial charge on any atom is 0.256 e. The lowest BCUT2D eigenvalue weighted by molar-refractivity contribution is 0.0975. The van der Waals surface area contributed by atoms with E-state index in [2.05, 4.69) is 10.3 Å². The van der Waals surface area contributed by atoms with Crippen LogP contribution in [0.5, 0.6) is 0 Å². The van der Waals surface area contributed by atoms with Crippen molar-refractivity contribution in [2.24, 2.45) is 5.92 Å². The van der Waals surface area contributed by atoms with Gasteiger partial charge in [-0.05, 0) is 19.1 Å². The van der Waals surface area contributed by atoms with Gasteiger partial charge >= 0.3 is 0 Å². The number of pyridine rings is 1. The summed E-state index contributed by atoms with van der Waals surface area (Å²) in [6.45, 7) is 5.55. The summed E-state index contributed by atoms with van der Waals surface area (Å²) in [6.07, 6.45) is 1.59. The minimum Gasteiger partial charge on any atom is -0.310 e. The third kappa shape index (κ3) is 3.16. The van der Waals surface area contributed by atoms with Crippen LogP contribution >= 0.6 is 0 Å². The van der Waals surface area contributed by atoms with Gasteiger partial charge in [0, 0.05) is 23.4 Å². The lowest BCUT2D eigenvalue weighted by Gasteiger charge is -2.09. The Morgan fingerprint density at radius 1 is 1.53 bits per heavy atom. The predicted octanol–water partition coefficient (Wildman–Crippen LogP) is 1.75. The fraction of sp³-hybridized carbons (Fsp3) is 0.364. The van der Waals surface area contributed by atoms with Crippen LogP contribution in [0.2, 0.25) is 0 Å². The fourth-order valence-electron chi connectivity index (χ4n) is 1.03. The average Bonchev–Trinajstić information content (AvgIpc) is 2.17. The van der Waals surface area contributed by atoms with Crippen LogP contribution in [0, 0.1) is 18.3 Å².